The van der Waals surface area contributed by atoms with E-state index in [2.05, 4.69) is 16.0 Å². The van der Waals surface area contributed by atoms with Crippen LogP contribution in [0.5, 0.6) is 0 Å². The predicted molar refractivity (Wildman–Crippen MR) is 60.9 cm³/mol. The molecule has 3 rings (SSSR count). The van der Waals surface area contributed by atoms with E-state index < -0.39 is 0 Å². The van der Waals surface area contributed by atoms with Gasteiger partial charge in [-0.15, -0.1) is 11.3 Å². The second-order valence-electron chi connectivity index (χ2n) is 3.74. The molecule has 0 aromatic carbocycles. The van der Waals surface area contributed by atoms with Crippen molar-refractivity contribution in [2.24, 2.45) is 0 Å². The Morgan fingerprint density at radius 3 is 3.20 bits per heavy atom. The van der Waals surface area contributed by atoms with Gasteiger partial charge < -0.3 is 5.73 Å². The number of aromatic nitrogens is 2. The lowest BCUT2D eigenvalue weighted by Crippen LogP contribution is -1.94. The molecule has 0 bridgehead atoms. The second-order valence-corrected chi connectivity index (χ2v) is 4.80. The first-order chi connectivity index (χ1) is 7.34. The van der Waals surface area contributed by atoms with Gasteiger partial charge in [-0.1, -0.05) is 6.07 Å². The summed E-state index contributed by atoms with van der Waals surface area (Å²) in [5.74, 6) is 0.462. The number of nitrogens with two attached hydrogens (primary N) is 1. The van der Waals surface area contributed by atoms with E-state index in [1.807, 2.05) is 12.3 Å². The molecule has 0 aliphatic heterocycles. The Morgan fingerprint density at radius 1 is 1.47 bits per heavy atom. The van der Waals surface area contributed by atoms with Crippen LogP contribution in [0.3, 0.4) is 0 Å². The fourth-order valence-electron chi connectivity index (χ4n) is 2.15. The van der Waals surface area contributed by atoms with E-state index in [4.69, 9.17) is 5.73 Å². The van der Waals surface area contributed by atoms with Gasteiger partial charge in [-0.2, -0.15) is 0 Å². The summed E-state index contributed by atoms with van der Waals surface area (Å²) in [7, 11) is 0. The molecule has 1 unspecified atom stereocenters. The zero-order chi connectivity index (χ0) is 10.3. The number of rotatable bonds is 1. The summed E-state index contributed by atoms with van der Waals surface area (Å²) >= 11 is 1.62. The maximum absolute atomic E-state index is 5.72. The van der Waals surface area contributed by atoms with E-state index in [1.165, 1.54) is 16.1 Å². The highest BCUT2D eigenvalue weighted by Crippen LogP contribution is 2.41. The monoisotopic (exact) mass is 217 g/mol. The minimum absolute atomic E-state index is 0.462. The number of fused-ring (bicyclic) bond motifs is 1. The van der Waals surface area contributed by atoms with E-state index in [9.17, 15) is 0 Å². The van der Waals surface area contributed by atoms with Gasteiger partial charge in [0, 0.05) is 23.2 Å². The zero-order valence-corrected chi connectivity index (χ0v) is 9.00. The van der Waals surface area contributed by atoms with Gasteiger partial charge in [0.1, 0.15) is 0 Å². The predicted octanol–water partition coefficient (Wildman–Crippen LogP) is 2.20. The highest BCUT2D eigenvalue weighted by atomic mass is 32.1. The molecular weight excluding hydrogens is 206 g/mol. The number of hydrogen-bond donors (Lipinski definition) is 1. The van der Waals surface area contributed by atoms with Crippen LogP contribution in [0.25, 0.3) is 0 Å². The molecule has 0 fully saturated rings. The summed E-state index contributed by atoms with van der Waals surface area (Å²) in [5.41, 5.74) is 8.19. The van der Waals surface area contributed by atoms with Crippen molar-refractivity contribution in [3.63, 3.8) is 0 Å². The van der Waals surface area contributed by atoms with Gasteiger partial charge in [0.25, 0.3) is 0 Å². The second kappa shape index (κ2) is 3.31. The van der Waals surface area contributed by atoms with Crippen molar-refractivity contribution in [3.05, 3.63) is 40.7 Å². The van der Waals surface area contributed by atoms with Gasteiger partial charge in [-0.25, -0.2) is 4.98 Å². The normalized spacial score (nSPS) is 19.1. The third-order valence-corrected chi connectivity index (χ3v) is 3.86. The van der Waals surface area contributed by atoms with Crippen LogP contribution < -0.4 is 5.73 Å². The van der Waals surface area contributed by atoms with Crippen LogP contribution in [-0.4, -0.2) is 9.97 Å². The van der Waals surface area contributed by atoms with Gasteiger partial charge in [-0.05, 0) is 24.5 Å². The molecule has 0 saturated carbocycles. The van der Waals surface area contributed by atoms with E-state index in [0.717, 1.165) is 12.8 Å². The maximum atomic E-state index is 5.72. The smallest absolute Gasteiger partial charge is 0.180 e. The highest BCUT2D eigenvalue weighted by Gasteiger charge is 2.27. The average Bonchev–Trinajstić information content (AvgIpc) is 2.77. The first-order valence-corrected chi connectivity index (χ1v) is 5.81. The Morgan fingerprint density at radius 2 is 2.40 bits per heavy atom. The van der Waals surface area contributed by atoms with E-state index in [0.29, 0.717) is 11.0 Å². The Hall–Kier alpha value is -1.42. The average molecular weight is 217 g/mol. The number of aryl methyl sites for hydroxylation is 1. The topological polar surface area (TPSA) is 51.8 Å². The molecule has 1 aliphatic carbocycles. The largest absolute Gasteiger partial charge is 0.375 e. The van der Waals surface area contributed by atoms with Crippen LogP contribution in [-0.2, 0) is 6.42 Å². The van der Waals surface area contributed by atoms with Crippen molar-refractivity contribution in [2.75, 3.05) is 5.73 Å². The number of nitrogens with zero attached hydrogens (tertiary/aromatic N) is 2. The van der Waals surface area contributed by atoms with Crippen LogP contribution in [0.15, 0.2) is 24.5 Å². The Balaban J connectivity index is 2.03. The highest BCUT2D eigenvalue weighted by molar-refractivity contribution is 7.15. The van der Waals surface area contributed by atoms with Crippen LogP contribution in [0.2, 0.25) is 0 Å². The van der Waals surface area contributed by atoms with Gasteiger partial charge in [0.15, 0.2) is 5.13 Å². The molecule has 0 spiro atoms. The Labute approximate surface area is 92.0 Å². The third kappa shape index (κ3) is 1.41. The van der Waals surface area contributed by atoms with Crippen LogP contribution in [0, 0.1) is 0 Å². The molecule has 3 nitrogen and oxygen atoms in total. The van der Waals surface area contributed by atoms with Crippen molar-refractivity contribution in [1.82, 2.24) is 9.97 Å². The molecule has 0 radical (unpaired) electrons. The number of anilines is 1. The molecular formula is C11H11N3S. The molecule has 1 atom stereocenters. The molecule has 0 amide bonds. The summed E-state index contributed by atoms with van der Waals surface area (Å²) in [6.07, 6.45) is 5.93. The van der Waals surface area contributed by atoms with Crippen molar-refractivity contribution >= 4 is 16.5 Å². The van der Waals surface area contributed by atoms with Crippen molar-refractivity contribution in [2.45, 2.75) is 18.8 Å². The number of hydrogen-bond acceptors (Lipinski definition) is 4. The standard InChI is InChI=1S/C11H11N3S/c12-11-14-9-4-3-8(10(9)15-11)7-2-1-5-13-6-7/h1-2,5-6,8H,3-4H2,(H2,12,14). The minimum atomic E-state index is 0.462. The third-order valence-electron chi connectivity index (χ3n) is 2.82. The van der Waals surface area contributed by atoms with Gasteiger partial charge >= 0.3 is 0 Å². The molecule has 2 heterocycles. The van der Waals surface area contributed by atoms with Crippen LogP contribution >= 0.6 is 11.3 Å². The van der Waals surface area contributed by atoms with Crippen LogP contribution in [0.4, 0.5) is 5.13 Å². The lowest BCUT2D eigenvalue weighted by molar-refractivity contribution is 0.786. The minimum Gasteiger partial charge on any atom is -0.375 e. The molecule has 4 heteroatoms. The van der Waals surface area contributed by atoms with Gasteiger partial charge in [-0.3, -0.25) is 4.98 Å². The van der Waals surface area contributed by atoms with E-state index in [-0.39, 0.29) is 0 Å². The van der Waals surface area contributed by atoms with E-state index in [1.54, 1.807) is 17.5 Å². The fraction of sp³-hybridized carbons (Fsp3) is 0.273. The van der Waals surface area contributed by atoms with Crippen molar-refractivity contribution in [3.8, 4) is 0 Å². The molecule has 76 valence electrons. The summed E-state index contributed by atoms with van der Waals surface area (Å²) in [4.78, 5) is 9.84. The molecule has 2 aromatic heterocycles. The van der Waals surface area contributed by atoms with E-state index >= 15 is 0 Å². The zero-order valence-electron chi connectivity index (χ0n) is 8.18. The molecule has 15 heavy (non-hydrogen) atoms. The lowest BCUT2D eigenvalue weighted by Gasteiger charge is -2.08. The van der Waals surface area contributed by atoms with Gasteiger partial charge in [0.2, 0.25) is 0 Å². The molecule has 2 aromatic rings. The maximum Gasteiger partial charge on any atom is 0.180 e. The Bertz CT molecular complexity index is 478. The van der Waals surface area contributed by atoms with Crippen molar-refractivity contribution in [1.29, 1.82) is 0 Å². The summed E-state index contributed by atoms with van der Waals surface area (Å²) in [6, 6.07) is 4.11. The lowest BCUT2D eigenvalue weighted by atomic mass is 10.0. The quantitative estimate of drug-likeness (QED) is 0.796. The number of thiazole rings is 1. The van der Waals surface area contributed by atoms with Gasteiger partial charge in [0.05, 0.1) is 5.69 Å². The Kier molecular flexibility index (Phi) is 1.95. The first-order valence-electron chi connectivity index (χ1n) is 4.99. The molecule has 1 aliphatic rings. The summed E-state index contributed by atoms with van der Waals surface area (Å²) in [6.45, 7) is 0. The first kappa shape index (κ1) is 8.85. The molecule has 0 saturated heterocycles. The summed E-state index contributed by atoms with van der Waals surface area (Å²) in [5, 5.41) is 0.689. The van der Waals surface area contributed by atoms with Crippen molar-refractivity contribution < 1.29 is 0 Å². The SMILES string of the molecule is Nc1nc2c(s1)C(c1cccnc1)CC2. The molecule has 2 N–H and O–H groups in total. The fourth-order valence-corrected chi connectivity index (χ4v) is 3.19. The number of nitrogen functional groups attached to an aromatic ring is 1. The van der Waals surface area contributed by atoms with Crippen LogP contribution in [0.1, 0.15) is 28.5 Å². The summed E-state index contributed by atoms with van der Waals surface area (Å²) < 4.78 is 0. The number of pyridine rings is 1.